The summed E-state index contributed by atoms with van der Waals surface area (Å²) in [6, 6.07) is 14.7. The third-order valence-corrected chi connectivity index (χ3v) is 4.60. The van der Waals surface area contributed by atoms with Gasteiger partial charge in [0.15, 0.2) is 0 Å². The molecule has 0 aliphatic heterocycles. The quantitative estimate of drug-likeness (QED) is 0.560. The van der Waals surface area contributed by atoms with Gasteiger partial charge in [-0.1, -0.05) is 54.0 Å². The fraction of sp³-hybridized carbons (Fsp3) is 0.150. The van der Waals surface area contributed by atoms with E-state index in [0.29, 0.717) is 11.4 Å². The number of carbonyl (C=O) groups is 1. The average molecular weight is 415 g/mol. The Bertz CT molecular complexity index is 963. The van der Waals surface area contributed by atoms with Gasteiger partial charge in [0.2, 0.25) is 5.88 Å². The van der Waals surface area contributed by atoms with Crippen LogP contribution in [0.1, 0.15) is 35.7 Å². The van der Waals surface area contributed by atoms with E-state index in [0.717, 1.165) is 10.0 Å². The van der Waals surface area contributed by atoms with Crippen molar-refractivity contribution >= 4 is 27.5 Å². The van der Waals surface area contributed by atoms with Crippen molar-refractivity contribution in [2.45, 2.75) is 19.8 Å². The van der Waals surface area contributed by atoms with Crippen LogP contribution in [0.2, 0.25) is 0 Å². The molecule has 1 amide bonds. The number of halogens is 1. The van der Waals surface area contributed by atoms with Gasteiger partial charge in [0.25, 0.3) is 5.91 Å². The molecule has 0 aliphatic rings. The summed E-state index contributed by atoms with van der Waals surface area (Å²) >= 11 is 3.37. The number of aromatic nitrogens is 1. The van der Waals surface area contributed by atoms with E-state index in [1.165, 1.54) is 10.8 Å². The lowest BCUT2D eigenvalue weighted by molar-refractivity contribution is 0.102. The Balaban J connectivity index is 1.97. The molecule has 2 aromatic carbocycles. The average Bonchev–Trinajstić information content (AvgIpc) is 2.89. The van der Waals surface area contributed by atoms with Gasteiger partial charge in [-0.2, -0.15) is 0 Å². The van der Waals surface area contributed by atoms with E-state index < -0.39 is 5.91 Å². The van der Waals surface area contributed by atoms with Crippen LogP contribution < -0.4 is 5.32 Å². The number of nitrogens with one attached hydrogen (secondary N) is 1. The Morgan fingerprint density at radius 2 is 1.85 bits per heavy atom. The molecule has 0 atom stereocenters. The zero-order chi connectivity index (χ0) is 18.8. The number of para-hydroxylation sites is 1. The number of aromatic hydroxyl groups is 2. The van der Waals surface area contributed by atoms with E-state index >= 15 is 0 Å². The van der Waals surface area contributed by atoms with Gasteiger partial charge in [-0.3, -0.25) is 9.36 Å². The van der Waals surface area contributed by atoms with Crippen molar-refractivity contribution in [2.75, 3.05) is 5.32 Å². The van der Waals surface area contributed by atoms with Gasteiger partial charge < -0.3 is 15.5 Å². The fourth-order valence-electron chi connectivity index (χ4n) is 2.82. The Morgan fingerprint density at radius 1 is 1.12 bits per heavy atom. The minimum Gasteiger partial charge on any atom is -0.505 e. The first kappa shape index (κ1) is 18.1. The molecule has 0 radical (unpaired) electrons. The van der Waals surface area contributed by atoms with E-state index in [-0.39, 0.29) is 23.1 Å². The molecular weight excluding hydrogens is 396 g/mol. The number of carbonyl (C=O) groups excluding carboxylic acids is 1. The summed E-state index contributed by atoms with van der Waals surface area (Å²) in [5.41, 5.74) is 2.09. The highest BCUT2D eigenvalue weighted by Crippen LogP contribution is 2.34. The minimum absolute atomic E-state index is 0.163. The first-order chi connectivity index (χ1) is 12.4. The number of amides is 1. The van der Waals surface area contributed by atoms with Gasteiger partial charge in [-0.25, -0.2) is 0 Å². The lowest BCUT2D eigenvalue weighted by atomic mass is 10.0. The maximum Gasteiger partial charge on any atom is 0.264 e. The molecule has 0 fully saturated rings. The zero-order valence-electron chi connectivity index (χ0n) is 14.4. The molecule has 0 aliphatic carbocycles. The molecule has 0 spiro atoms. The minimum atomic E-state index is -0.568. The van der Waals surface area contributed by atoms with Gasteiger partial charge in [0.1, 0.15) is 11.3 Å². The van der Waals surface area contributed by atoms with Crippen molar-refractivity contribution in [3.05, 3.63) is 70.3 Å². The van der Waals surface area contributed by atoms with E-state index in [1.807, 2.05) is 38.1 Å². The standard InChI is InChI=1S/C20H19BrN2O3/c1-12(2)15-8-3-4-9-16(15)22-19(25)18-17(24)11-23(20(18)26)14-7-5-6-13(21)10-14/h3-12,24,26H,1-2H3,(H,22,25). The molecule has 6 heteroatoms. The summed E-state index contributed by atoms with van der Waals surface area (Å²) < 4.78 is 2.18. The highest BCUT2D eigenvalue weighted by atomic mass is 79.9. The second-order valence-electron chi connectivity index (χ2n) is 6.26. The first-order valence-electron chi connectivity index (χ1n) is 8.18. The van der Waals surface area contributed by atoms with Crippen molar-refractivity contribution in [1.29, 1.82) is 0 Å². The molecule has 0 saturated carbocycles. The molecule has 0 unspecified atom stereocenters. The number of rotatable bonds is 4. The van der Waals surface area contributed by atoms with Gasteiger partial charge in [-0.15, -0.1) is 0 Å². The summed E-state index contributed by atoms with van der Waals surface area (Å²) in [7, 11) is 0. The molecule has 3 rings (SSSR count). The molecule has 26 heavy (non-hydrogen) atoms. The van der Waals surface area contributed by atoms with Crippen molar-refractivity contribution in [1.82, 2.24) is 4.57 Å². The highest BCUT2D eigenvalue weighted by molar-refractivity contribution is 9.10. The maximum absolute atomic E-state index is 12.7. The van der Waals surface area contributed by atoms with Crippen molar-refractivity contribution in [2.24, 2.45) is 0 Å². The Morgan fingerprint density at radius 3 is 2.54 bits per heavy atom. The van der Waals surface area contributed by atoms with Crippen molar-refractivity contribution in [3.8, 4) is 17.3 Å². The largest absolute Gasteiger partial charge is 0.505 e. The summed E-state index contributed by atoms with van der Waals surface area (Å²) in [6.07, 6.45) is 1.32. The van der Waals surface area contributed by atoms with Crippen LogP contribution in [0.5, 0.6) is 11.6 Å². The number of hydrogen-bond donors (Lipinski definition) is 3. The van der Waals surface area contributed by atoms with Crippen LogP contribution in [0.15, 0.2) is 59.2 Å². The molecule has 5 nitrogen and oxygen atoms in total. The van der Waals surface area contributed by atoms with E-state index in [1.54, 1.807) is 24.3 Å². The van der Waals surface area contributed by atoms with Crippen molar-refractivity contribution < 1.29 is 15.0 Å². The summed E-state index contributed by atoms with van der Waals surface area (Å²) in [4.78, 5) is 12.7. The topological polar surface area (TPSA) is 74.5 Å². The van der Waals surface area contributed by atoms with Gasteiger partial charge >= 0.3 is 0 Å². The monoisotopic (exact) mass is 414 g/mol. The number of anilines is 1. The Kier molecular flexibility index (Phi) is 5.04. The highest BCUT2D eigenvalue weighted by Gasteiger charge is 2.23. The number of benzene rings is 2. The maximum atomic E-state index is 12.7. The van der Waals surface area contributed by atoms with Crippen LogP contribution in [-0.4, -0.2) is 20.7 Å². The number of hydrogen-bond acceptors (Lipinski definition) is 3. The Labute approximate surface area is 160 Å². The van der Waals surface area contributed by atoms with Crippen LogP contribution in [0.25, 0.3) is 5.69 Å². The summed E-state index contributed by atoms with van der Waals surface area (Å²) in [5, 5.41) is 23.5. The smallest absolute Gasteiger partial charge is 0.264 e. The summed E-state index contributed by atoms with van der Waals surface area (Å²) in [6.45, 7) is 4.06. The third-order valence-electron chi connectivity index (χ3n) is 4.10. The SMILES string of the molecule is CC(C)c1ccccc1NC(=O)c1c(O)cn(-c2cccc(Br)c2)c1O. The van der Waals surface area contributed by atoms with Crippen LogP contribution in [0.4, 0.5) is 5.69 Å². The molecule has 0 bridgehead atoms. The Hall–Kier alpha value is -2.73. The molecule has 3 aromatic rings. The first-order valence-corrected chi connectivity index (χ1v) is 8.97. The van der Waals surface area contributed by atoms with Crippen LogP contribution in [0.3, 0.4) is 0 Å². The predicted octanol–water partition coefficient (Wildman–Crippen LogP) is 5.03. The fourth-order valence-corrected chi connectivity index (χ4v) is 3.21. The van der Waals surface area contributed by atoms with Gasteiger partial charge in [-0.05, 0) is 35.7 Å². The number of nitrogens with zero attached hydrogens (tertiary/aromatic N) is 1. The van der Waals surface area contributed by atoms with Crippen LogP contribution >= 0.6 is 15.9 Å². The van der Waals surface area contributed by atoms with E-state index in [2.05, 4.69) is 21.2 Å². The lowest BCUT2D eigenvalue weighted by Gasteiger charge is -2.13. The van der Waals surface area contributed by atoms with Crippen LogP contribution in [0, 0.1) is 0 Å². The van der Waals surface area contributed by atoms with Crippen molar-refractivity contribution in [3.63, 3.8) is 0 Å². The molecule has 1 heterocycles. The third kappa shape index (κ3) is 3.46. The molecule has 1 aromatic heterocycles. The zero-order valence-corrected chi connectivity index (χ0v) is 16.0. The van der Waals surface area contributed by atoms with Gasteiger partial charge in [0, 0.05) is 15.8 Å². The second-order valence-corrected chi connectivity index (χ2v) is 7.17. The molecule has 0 saturated heterocycles. The molecule has 134 valence electrons. The van der Waals surface area contributed by atoms with Gasteiger partial charge in [0.05, 0.1) is 6.20 Å². The lowest BCUT2D eigenvalue weighted by Crippen LogP contribution is -2.13. The molecular formula is C20H19BrN2O3. The normalized spacial score (nSPS) is 10.9. The predicted molar refractivity (Wildman–Crippen MR) is 105 cm³/mol. The summed E-state index contributed by atoms with van der Waals surface area (Å²) in [5.74, 6) is -0.955. The van der Waals surface area contributed by atoms with E-state index in [9.17, 15) is 15.0 Å². The van der Waals surface area contributed by atoms with E-state index in [4.69, 9.17) is 0 Å². The van der Waals surface area contributed by atoms with Crippen LogP contribution in [-0.2, 0) is 0 Å². The molecule has 3 N–H and O–H groups in total. The second kappa shape index (κ2) is 7.25.